The first-order chi connectivity index (χ1) is 15.7. The third-order valence-electron chi connectivity index (χ3n) is 6.17. The molecule has 1 aromatic heterocycles. The van der Waals surface area contributed by atoms with Crippen molar-refractivity contribution in [1.82, 2.24) is 9.55 Å². The Morgan fingerprint density at radius 1 is 1.15 bits per heavy atom. The molecule has 1 heterocycles. The predicted octanol–water partition coefficient (Wildman–Crippen LogP) is 6.03. The van der Waals surface area contributed by atoms with Crippen molar-refractivity contribution in [1.29, 1.82) is 0 Å². The number of benzene rings is 2. The number of carboxylic acids is 1. The van der Waals surface area contributed by atoms with Crippen LogP contribution in [0.5, 0.6) is 11.5 Å². The molecule has 7 heteroatoms. The van der Waals surface area contributed by atoms with Crippen LogP contribution in [0.25, 0.3) is 11.0 Å². The number of hydrogen-bond donors (Lipinski definition) is 2. The molecule has 176 valence electrons. The summed E-state index contributed by atoms with van der Waals surface area (Å²) in [5, 5.41) is 12.4. The summed E-state index contributed by atoms with van der Waals surface area (Å²) < 4.78 is 13.3. The maximum Gasteiger partial charge on any atom is 0.341 e. The van der Waals surface area contributed by atoms with Gasteiger partial charge in [-0.2, -0.15) is 0 Å². The largest absolute Gasteiger partial charge is 0.494 e. The average Bonchev–Trinajstić information content (AvgIpc) is 3.09. The van der Waals surface area contributed by atoms with Crippen LogP contribution in [0, 0.1) is 11.3 Å². The van der Waals surface area contributed by atoms with Crippen molar-refractivity contribution in [3.63, 3.8) is 0 Å². The first-order valence-corrected chi connectivity index (χ1v) is 11.6. The quantitative estimate of drug-likeness (QED) is 0.435. The normalized spacial score (nSPS) is 19.9. The second kappa shape index (κ2) is 9.33. The van der Waals surface area contributed by atoms with Crippen LogP contribution >= 0.6 is 0 Å². The fourth-order valence-corrected chi connectivity index (χ4v) is 5.19. The molecule has 33 heavy (non-hydrogen) atoms. The molecule has 0 bridgehead atoms. The second-order valence-corrected chi connectivity index (χ2v) is 9.79. The van der Waals surface area contributed by atoms with Gasteiger partial charge in [-0.1, -0.05) is 20.8 Å². The lowest BCUT2D eigenvalue weighted by Gasteiger charge is -2.40. The van der Waals surface area contributed by atoms with Gasteiger partial charge in [0.25, 0.3) is 0 Å². The molecule has 1 fully saturated rings. The summed E-state index contributed by atoms with van der Waals surface area (Å²) in [6.07, 6.45) is 3.37. The van der Waals surface area contributed by atoms with Gasteiger partial charge >= 0.3 is 5.97 Å². The highest BCUT2D eigenvalue weighted by atomic mass is 16.5. The Labute approximate surface area is 194 Å². The Morgan fingerprint density at radius 3 is 2.55 bits per heavy atom. The minimum Gasteiger partial charge on any atom is -0.494 e. The molecule has 1 aliphatic rings. The zero-order chi connectivity index (χ0) is 23.6. The van der Waals surface area contributed by atoms with E-state index in [-0.39, 0.29) is 12.0 Å². The van der Waals surface area contributed by atoms with E-state index in [1.807, 2.05) is 49.4 Å². The summed E-state index contributed by atoms with van der Waals surface area (Å²) in [5.74, 6) is 1.73. The van der Waals surface area contributed by atoms with Gasteiger partial charge in [-0.05, 0) is 73.9 Å². The highest BCUT2D eigenvalue weighted by molar-refractivity contribution is 5.81. The summed E-state index contributed by atoms with van der Waals surface area (Å²) in [6, 6.07) is 13.8. The Morgan fingerprint density at radius 2 is 1.88 bits per heavy atom. The van der Waals surface area contributed by atoms with Crippen molar-refractivity contribution < 1.29 is 19.4 Å². The van der Waals surface area contributed by atoms with Crippen LogP contribution in [0.2, 0.25) is 0 Å². The maximum atomic E-state index is 10.9. The molecule has 1 aliphatic carbocycles. The van der Waals surface area contributed by atoms with Gasteiger partial charge in [-0.15, -0.1) is 0 Å². The highest BCUT2D eigenvalue weighted by Gasteiger charge is 2.34. The maximum absolute atomic E-state index is 10.9. The molecule has 2 aromatic carbocycles. The van der Waals surface area contributed by atoms with Gasteiger partial charge in [0.15, 0.2) is 6.61 Å². The van der Waals surface area contributed by atoms with Gasteiger partial charge in [-0.3, -0.25) is 0 Å². The standard InChI is InChI=1S/C26H33N3O4/c1-5-32-20-8-6-18(7-9-20)27-25-28-22-13-21(33-16-24(30)31)10-11-23(22)29(25)19-12-17(2)14-26(3,4)15-19/h6-11,13,17,19H,5,12,14-16H2,1-4H3,(H,27,28)(H,30,31)/t17-,19-/m0/s1. The van der Waals surface area contributed by atoms with E-state index in [1.54, 1.807) is 0 Å². The van der Waals surface area contributed by atoms with Gasteiger partial charge in [0.2, 0.25) is 5.95 Å². The van der Waals surface area contributed by atoms with Crippen LogP contribution in [0.4, 0.5) is 11.6 Å². The molecule has 1 saturated carbocycles. The smallest absolute Gasteiger partial charge is 0.341 e. The SMILES string of the molecule is CCOc1ccc(Nc2nc3cc(OCC(=O)O)ccc3n2[C@H]2C[C@H](C)CC(C)(C)C2)cc1. The Hall–Kier alpha value is -3.22. The molecule has 0 radical (unpaired) electrons. The highest BCUT2D eigenvalue weighted by Crippen LogP contribution is 2.46. The van der Waals surface area contributed by atoms with Crippen molar-refractivity contribution in [3.8, 4) is 11.5 Å². The minimum atomic E-state index is -1.00. The summed E-state index contributed by atoms with van der Waals surface area (Å²) in [4.78, 5) is 15.8. The molecule has 4 rings (SSSR count). The van der Waals surface area contributed by atoms with Crippen molar-refractivity contribution in [2.75, 3.05) is 18.5 Å². The van der Waals surface area contributed by atoms with E-state index in [0.29, 0.717) is 24.3 Å². The van der Waals surface area contributed by atoms with E-state index in [0.717, 1.165) is 41.3 Å². The van der Waals surface area contributed by atoms with E-state index in [1.165, 1.54) is 6.42 Å². The number of carboxylic acid groups (broad SMARTS) is 1. The zero-order valence-electron chi connectivity index (χ0n) is 19.8. The predicted molar refractivity (Wildman–Crippen MR) is 130 cm³/mol. The van der Waals surface area contributed by atoms with Gasteiger partial charge in [0, 0.05) is 17.8 Å². The number of anilines is 2. The third kappa shape index (κ3) is 5.41. The summed E-state index contributed by atoms with van der Waals surface area (Å²) >= 11 is 0. The number of carbonyl (C=O) groups is 1. The Bertz CT molecular complexity index is 1120. The molecule has 2 N–H and O–H groups in total. The number of nitrogens with one attached hydrogen (secondary N) is 1. The molecular weight excluding hydrogens is 418 g/mol. The Kier molecular flexibility index (Phi) is 6.49. The lowest BCUT2D eigenvalue weighted by atomic mass is 9.70. The molecule has 7 nitrogen and oxygen atoms in total. The van der Waals surface area contributed by atoms with Crippen molar-refractivity contribution >= 4 is 28.6 Å². The molecular formula is C26H33N3O4. The zero-order valence-corrected chi connectivity index (χ0v) is 19.8. The van der Waals surface area contributed by atoms with Crippen molar-refractivity contribution in [2.24, 2.45) is 11.3 Å². The van der Waals surface area contributed by atoms with Crippen LogP contribution in [-0.2, 0) is 4.79 Å². The van der Waals surface area contributed by atoms with Crippen LogP contribution in [0.1, 0.15) is 53.0 Å². The molecule has 2 atom stereocenters. The van der Waals surface area contributed by atoms with E-state index in [4.69, 9.17) is 19.6 Å². The summed E-state index contributed by atoms with van der Waals surface area (Å²) in [7, 11) is 0. The number of aromatic nitrogens is 2. The fourth-order valence-electron chi connectivity index (χ4n) is 5.19. The van der Waals surface area contributed by atoms with E-state index in [9.17, 15) is 4.79 Å². The van der Waals surface area contributed by atoms with Gasteiger partial charge in [0.05, 0.1) is 17.6 Å². The second-order valence-electron chi connectivity index (χ2n) is 9.79. The Balaban J connectivity index is 1.72. The number of hydrogen-bond acceptors (Lipinski definition) is 5. The van der Waals surface area contributed by atoms with Crippen LogP contribution in [-0.4, -0.2) is 33.8 Å². The first-order valence-electron chi connectivity index (χ1n) is 11.6. The lowest BCUT2D eigenvalue weighted by Crippen LogP contribution is -2.29. The number of nitrogens with zero attached hydrogens (tertiary/aromatic N) is 2. The first kappa shape index (κ1) is 23.0. The monoisotopic (exact) mass is 451 g/mol. The molecule has 0 aliphatic heterocycles. The van der Waals surface area contributed by atoms with Crippen LogP contribution in [0.3, 0.4) is 0 Å². The van der Waals surface area contributed by atoms with E-state index < -0.39 is 5.97 Å². The third-order valence-corrected chi connectivity index (χ3v) is 6.17. The van der Waals surface area contributed by atoms with Crippen LogP contribution < -0.4 is 14.8 Å². The molecule has 0 unspecified atom stereocenters. The van der Waals surface area contributed by atoms with Crippen LogP contribution in [0.15, 0.2) is 42.5 Å². The number of aliphatic carboxylic acids is 1. The lowest BCUT2D eigenvalue weighted by molar-refractivity contribution is -0.139. The fraction of sp³-hybridized carbons (Fsp3) is 0.462. The number of imidazole rings is 1. The number of fused-ring (bicyclic) bond motifs is 1. The van der Waals surface area contributed by atoms with Crippen molar-refractivity contribution in [3.05, 3.63) is 42.5 Å². The van der Waals surface area contributed by atoms with Crippen molar-refractivity contribution in [2.45, 2.75) is 53.0 Å². The van der Waals surface area contributed by atoms with E-state index >= 15 is 0 Å². The number of ether oxygens (including phenoxy) is 2. The number of rotatable bonds is 8. The topological polar surface area (TPSA) is 85.6 Å². The van der Waals surface area contributed by atoms with Gasteiger partial charge in [0.1, 0.15) is 11.5 Å². The van der Waals surface area contributed by atoms with Gasteiger partial charge in [-0.25, -0.2) is 9.78 Å². The van der Waals surface area contributed by atoms with E-state index in [2.05, 4.69) is 30.7 Å². The molecule has 3 aromatic rings. The summed E-state index contributed by atoms with van der Waals surface area (Å²) in [6.45, 7) is 9.22. The average molecular weight is 452 g/mol. The minimum absolute atomic E-state index is 0.250. The molecule has 0 saturated heterocycles. The summed E-state index contributed by atoms with van der Waals surface area (Å²) in [5.41, 5.74) is 2.98. The molecule has 0 spiro atoms. The molecule has 0 amide bonds. The van der Waals surface area contributed by atoms with Gasteiger partial charge < -0.3 is 24.5 Å².